The maximum Gasteiger partial charge on any atom is 0.0672 e. The van der Waals surface area contributed by atoms with Gasteiger partial charge >= 0.3 is 0 Å². The van der Waals surface area contributed by atoms with E-state index < -0.39 is 0 Å². The highest BCUT2D eigenvalue weighted by Gasteiger charge is 2.18. The normalized spacial score (nSPS) is 19.9. The third-order valence-electron chi connectivity index (χ3n) is 3.56. The van der Waals surface area contributed by atoms with Crippen LogP contribution in [0.3, 0.4) is 0 Å². The van der Waals surface area contributed by atoms with Crippen molar-refractivity contribution in [3.05, 3.63) is 48.0 Å². The quantitative estimate of drug-likeness (QED) is 0.609. The largest absolute Gasteiger partial charge is 0.376 e. The third kappa shape index (κ3) is 5.45. The van der Waals surface area contributed by atoms with E-state index in [2.05, 4.69) is 47.1 Å². The van der Waals surface area contributed by atoms with Crippen molar-refractivity contribution >= 4 is 0 Å². The lowest BCUT2D eigenvalue weighted by Crippen LogP contribution is -2.52. The average molecular weight is 274 g/mol. The number of benzene rings is 1. The van der Waals surface area contributed by atoms with Crippen molar-refractivity contribution < 1.29 is 4.74 Å². The fourth-order valence-electron chi connectivity index (χ4n) is 2.57. The molecule has 1 aliphatic heterocycles. The summed E-state index contributed by atoms with van der Waals surface area (Å²) in [6.45, 7) is 11.6. The molecule has 0 radical (unpaired) electrons. The van der Waals surface area contributed by atoms with E-state index in [4.69, 9.17) is 4.74 Å². The van der Waals surface area contributed by atoms with Gasteiger partial charge in [-0.1, -0.05) is 42.5 Å². The number of hydrogen-bond acceptors (Lipinski definition) is 3. The summed E-state index contributed by atoms with van der Waals surface area (Å²) in [5, 5.41) is 3.61. The van der Waals surface area contributed by atoms with E-state index in [0.29, 0.717) is 12.6 Å². The van der Waals surface area contributed by atoms with Gasteiger partial charge in [-0.3, -0.25) is 4.90 Å². The molecule has 0 amide bonds. The lowest BCUT2D eigenvalue weighted by molar-refractivity contribution is 0.105. The molecule has 2 rings (SSSR count). The van der Waals surface area contributed by atoms with E-state index in [0.717, 1.165) is 44.8 Å². The molecule has 110 valence electrons. The number of piperazine rings is 1. The lowest BCUT2D eigenvalue weighted by Gasteiger charge is -2.33. The molecule has 1 N–H and O–H groups in total. The SMILES string of the molecule is C=C(C)COCCN1CCNC(Cc2ccccc2)C1. The first kappa shape index (κ1) is 15.2. The monoisotopic (exact) mass is 274 g/mol. The number of nitrogens with one attached hydrogen (secondary N) is 1. The van der Waals surface area contributed by atoms with Gasteiger partial charge < -0.3 is 10.1 Å². The standard InChI is InChI=1S/C17H26N2O/c1-15(2)14-20-11-10-19-9-8-18-17(13-19)12-16-6-4-3-5-7-16/h3-7,17-18H,1,8-14H2,2H3. The molecular formula is C17H26N2O. The van der Waals surface area contributed by atoms with Crippen LogP contribution in [0.1, 0.15) is 12.5 Å². The van der Waals surface area contributed by atoms with Crippen molar-refractivity contribution in [2.24, 2.45) is 0 Å². The van der Waals surface area contributed by atoms with Gasteiger partial charge in [-0.2, -0.15) is 0 Å². The average Bonchev–Trinajstić information content (AvgIpc) is 2.45. The Hall–Kier alpha value is -1.16. The maximum absolute atomic E-state index is 5.59. The predicted octanol–water partition coefficient (Wildman–Crippen LogP) is 2.10. The zero-order chi connectivity index (χ0) is 14.2. The molecule has 0 saturated carbocycles. The van der Waals surface area contributed by atoms with Crippen molar-refractivity contribution in [1.82, 2.24) is 10.2 Å². The Bertz CT molecular complexity index is 405. The van der Waals surface area contributed by atoms with Gasteiger partial charge in [-0.05, 0) is 18.9 Å². The topological polar surface area (TPSA) is 24.5 Å². The Labute approximate surface area is 122 Å². The van der Waals surface area contributed by atoms with Gasteiger partial charge in [0, 0.05) is 32.2 Å². The van der Waals surface area contributed by atoms with E-state index in [-0.39, 0.29) is 0 Å². The van der Waals surface area contributed by atoms with Crippen molar-refractivity contribution in [2.45, 2.75) is 19.4 Å². The van der Waals surface area contributed by atoms with Gasteiger partial charge in [0.25, 0.3) is 0 Å². The highest BCUT2D eigenvalue weighted by atomic mass is 16.5. The Kier molecular flexibility index (Phi) is 6.25. The zero-order valence-electron chi connectivity index (χ0n) is 12.5. The molecule has 0 aromatic heterocycles. The summed E-state index contributed by atoms with van der Waals surface area (Å²) < 4.78 is 5.59. The minimum atomic E-state index is 0.548. The molecule has 1 saturated heterocycles. The summed E-state index contributed by atoms with van der Waals surface area (Å²) in [4.78, 5) is 2.49. The Morgan fingerprint density at radius 1 is 1.40 bits per heavy atom. The van der Waals surface area contributed by atoms with Crippen LogP contribution < -0.4 is 5.32 Å². The van der Waals surface area contributed by atoms with Crippen molar-refractivity contribution in [3.8, 4) is 0 Å². The van der Waals surface area contributed by atoms with Crippen LogP contribution in [0.5, 0.6) is 0 Å². The van der Waals surface area contributed by atoms with Gasteiger partial charge in [0.15, 0.2) is 0 Å². The Morgan fingerprint density at radius 3 is 2.95 bits per heavy atom. The van der Waals surface area contributed by atoms with Crippen LogP contribution in [0.2, 0.25) is 0 Å². The van der Waals surface area contributed by atoms with Crippen LogP contribution in [-0.4, -0.2) is 50.3 Å². The molecule has 0 aliphatic carbocycles. The van der Waals surface area contributed by atoms with E-state index in [1.54, 1.807) is 0 Å². The first-order valence-electron chi connectivity index (χ1n) is 7.46. The fourth-order valence-corrected chi connectivity index (χ4v) is 2.57. The minimum Gasteiger partial charge on any atom is -0.376 e. The molecule has 0 spiro atoms. The molecule has 0 bridgehead atoms. The van der Waals surface area contributed by atoms with Crippen LogP contribution in [0.4, 0.5) is 0 Å². The predicted molar refractivity (Wildman–Crippen MR) is 84.0 cm³/mol. The second-order valence-corrected chi connectivity index (χ2v) is 5.65. The Morgan fingerprint density at radius 2 is 2.20 bits per heavy atom. The lowest BCUT2D eigenvalue weighted by atomic mass is 10.0. The minimum absolute atomic E-state index is 0.548. The van der Waals surface area contributed by atoms with Gasteiger partial charge in [-0.15, -0.1) is 0 Å². The van der Waals surface area contributed by atoms with Crippen LogP contribution in [0.15, 0.2) is 42.5 Å². The first-order chi connectivity index (χ1) is 9.74. The van der Waals surface area contributed by atoms with Gasteiger partial charge in [0.05, 0.1) is 13.2 Å². The molecule has 3 nitrogen and oxygen atoms in total. The second-order valence-electron chi connectivity index (χ2n) is 5.65. The summed E-state index contributed by atoms with van der Waals surface area (Å²) >= 11 is 0. The third-order valence-corrected chi connectivity index (χ3v) is 3.56. The molecule has 1 aliphatic rings. The van der Waals surface area contributed by atoms with E-state index in [1.165, 1.54) is 5.56 Å². The Balaban J connectivity index is 1.70. The highest BCUT2D eigenvalue weighted by Crippen LogP contribution is 2.07. The molecule has 3 heteroatoms. The fraction of sp³-hybridized carbons (Fsp3) is 0.529. The summed E-state index contributed by atoms with van der Waals surface area (Å²) in [6.07, 6.45) is 1.10. The van der Waals surface area contributed by atoms with Crippen molar-refractivity contribution in [2.75, 3.05) is 39.4 Å². The molecule has 1 unspecified atom stereocenters. The summed E-state index contributed by atoms with van der Waals surface area (Å²) in [5.74, 6) is 0. The first-order valence-corrected chi connectivity index (χ1v) is 7.46. The summed E-state index contributed by atoms with van der Waals surface area (Å²) in [7, 11) is 0. The molecule has 1 aromatic carbocycles. The number of hydrogen-bond donors (Lipinski definition) is 1. The van der Waals surface area contributed by atoms with E-state index >= 15 is 0 Å². The van der Waals surface area contributed by atoms with Crippen molar-refractivity contribution in [3.63, 3.8) is 0 Å². The maximum atomic E-state index is 5.59. The number of nitrogens with zero attached hydrogens (tertiary/aromatic N) is 1. The summed E-state index contributed by atoms with van der Waals surface area (Å²) in [5.41, 5.74) is 2.50. The molecule has 1 heterocycles. The second kappa shape index (κ2) is 8.20. The molecule has 1 aromatic rings. The summed E-state index contributed by atoms with van der Waals surface area (Å²) in [6, 6.07) is 11.3. The van der Waals surface area contributed by atoms with Crippen LogP contribution in [0.25, 0.3) is 0 Å². The van der Waals surface area contributed by atoms with Gasteiger partial charge in [-0.25, -0.2) is 0 Å². The van der Waals surface area contributed by atoms with Crippen LogP contribution in [0, 0.1) is 0 Å². The highest BCUT2D eigenvalue weighted by molar-refractivity contribution is 5.16. The van der Waals surface area contributed by atoms with Gasteiger partial charge in [0.1, 0.15) is 0 Å². The molecule has 20 heavy (non-hydrogen) atoms. The van der Waals surface area contributed by atoms with Crippen LogP contribution in [-0.2, 0) is 11.2 Å². The zero-order valence-corrected chi connectivity index (χ0v) is 12.5. The molecular weight excluding hydrogens is 248 g/mol. The number of ether oxygens (including phenoxy) is 1. The smallest absolute Gasteiger partial charge is 0.0672 e. The number of rotatable bonds is 7. The van der Waals surface area contributed by atoms with Crippen LogP contribution >= 0.6 is 0 Å². The van der Waals surface area contributed by atoms with Crippen molar-refractivity contribution in [1.29, 1.82) is 0 Å². The molecule has 1 fully saturated rings. The van der Waals surface area contributed by atoms with E-state index in [1.807, 2.05) is 6.92 Å². The molecule has 1 atom stereocenters. The van der Waals surface area contributed by atoms with E-state index in [9.17, 15) is 0 Å². The van der Waals surface area contributed by atoms with Gasteiger partial charge in [0.2, 0.25) is 0 Å².